The summed E-state index contributed by atoms with van der Waals surface area (Å²) < 4.78 is 17.2. The number of hydrogen-bond acceptors (Lipinski definition) is 3. The van der Waals surface area contributed by atoms with E-state index in [9.17, 15) is 0 Å². The van der Waals surface area contributed by atoms with Gasteiger partial charge < -0.3 is 9.47 Å². The third-order valence-electron chi connectivity index (χ3n) is 7.84. The van der Waals surface area contributed by atoms with Crippen LogP contribution in [0.15, 0.2) is 122 Å². The van der Waals surface area contributed by atoms with E-state index in [0.29, 0.717) is 0 Å². The van der Waals surface area contributed by atoms with Gasteiger partial charge in [0.05, 0.1) is 17.1 Å². The highest BCUT2D eigenvalue weighted by Gasteiger charge is 2.73. The fourth-order valence-corrected chi connectivity index (χ4v) is 6.32. The van der Waals surface area contributed by atoms with Gasteiger partial charge >= 0.3 is 11.5 Å². The van der Waals surface area contributed by atoms with Gasteiger partial charge in [0.25, 0.3) is 0 Å². The van der Waals surface area contributed by atoms with E-state index in [1.807, 2.05) is 54.9 Å². The van der Waals surface area contributed by atoms with Crippen molar-refractivity contribution in [2.45, 2.75) is 5.66 Å². The molecule has 3 aliphatic heterocycles. The van der Waals surface area contributed by atoms with E-state index >= 15 is 0 Å². The van der Waals surface area contributed by atoms with Crippen LogP contribution >= 0.6 is 0 Å². The predicted molar refractivity (Wildman–Crippen MR) is 139 cm³/mol. The number of fused-ring (bicyclic) bond motifs is 3. The van der Waals surface area contributed by atoms with Crippen molar-refractivity contribution in [1.29, 1.82) is 0 Å². The van der Waals surface area contributed by atoms with Gasteiger partial charge in [-0.25, -0.2) is 0 Å². The predicted octanol–water partition coefficient (Wildman–Crippen LogP) is 5.60. The third kappa shape index (κ3) is 2.30. The van der Waals surface area contributed by atoms with Gasteiger partial charge in [0.15, 0.2) is 23.1 Å². The SMILES string of the molecule is c1ccc(-c2ccc(-c3ccc4c5c3-n3ccn[n+]3C53c5c(cccc5Oc5cccc[n+]53)O4)cc2)cc1. The molecule has 0 aliphatic carbocycles. The highest BCUT2D eigenvalue weighted by Crippen LogP contribution is 2.56. The zero-order valence-corrected chi connectivity index (χ0v) is 20.2. The lowest BCUT2D eigenvalue weighted by Crippen LogP contribution is -2.77. The fraction of sp³-hybridized carbons (Fsp3) is 0.0312. The molecular weight excluding hydrogens is 472 g/mol. The summed E-state index contributed by atoms with van der Waals surface area (Å²) >= 11 is 0. The van der Waals surface area contributed by atoms with Crippen molar-refractivity contribution in [3.63, 3.8) is 0 Å². The van der Waals surface area contributed by atoms with Crippen LogP contribution in [-0.4, -0.2) is 9.78 Å². The Morgan fingerprint density at radius 3 is 2.24 bits per heavy atom. The molecule has 6 heteroatoms. The van der Waals surface area contributed by atoms with E-state index in [2.05, 4.69) is 80.9 Å². The van der Waals surface area contributed by atoms with Gasteiger partial charge in [-0.1, -0.05) is 69.9 Å². The summed E-state index contributed by atoms with van der Waals surface area (Å²) in [6.07, 6.45) is 5.93. The Morgan fingerprint density at radius 1 is 0.632 bits per heavy atom. The Kier molecular flexibility index (Phi) is 3.64. The number of aromatic nitrogens is 4. The Morgan fingerprint density at radius 2 is 1.37 bits per heavy atom. The van der Waals surface area contributed by atoms with Crippen molar-refractivity contribution < 1.29 is 18.8 Å². The fourth-order valence-electron chi connectivity index (χ4n) is 6.32. The quantitative estimate of drug-likeness (QED) is 0.295. The van der Waals surface area contributed by atoms with E-state index < -0.39 is 5.66 Å². The second-order valence-electron chi connectivity index (χ2n) is 9.74. The van der Waals surface area contributed by atoms with Crippen LogP contribution in [0.4, 0.5) is 0 Å². The standard InChI is InChI=1S/C32H20N4O2/c1-2-7-21(8-3-1)22-12-14-23(15-13-22)24-16-17-27-30-31(24)35-20-18-33-36(35)32(30)29-25(37-27)9-6-10-26(29)38-28-11-4-5-19-34(28)32/h1-20H/q+2. The number of ether oxygens (including phenoxy) is 2. The van der Waals surface area contributed by atoms with Crippen LogP contribution in [0.1, 0.15) is 11.1 Å². The van der Waals surface area contributed by atoms with Gasteiger partial charge in [0.1, 0.15) is 23.4 Å². The van der Waals surface area contributed by atoms with Crippen LogP contribution in [0, 0.1) is 0 Å². The maximum Gasteiger partial charge on any atom is 0.477 e. The van der Waals surface area contributed by atoms with Crippen LogP contribution in [0.5, 0.6) is 23.1 Å². The highest BCUT2D eigenvalue weighted by atomic mass is 16.5. The van der Waals surface area contributed by atoms with Gasteiger partial charge in [-0.05, 0) is 47.0 Å². The zero-order valence-electron chi connectivity index (χ0n) is 20.2. The van der Waals surface area contributed by atoms with Crippen LogP contribution < -0.4 is 18.8 Å². The summed E-state index contributed by atoms with van der Waals surface area (Å²) in [4.78, 5) is 2.06. The topological polar surface area (TPSA) is 44.0 Å². The minimum Gasteiger partial charge on any atom is -0.455 e. The summed E-state index contributed by atoms with van der Waals surface area (Å²) in [5.74, 6) is 3.10. The van der Waals surface area contributed by atoms with E-state index in [1.165, 1.54) is 11.1 Å². The lowest BCUT2D eigenvalue weighted by atomic mass is 9.84. The zero-order chi connectivity index (χ0) is 24.8. The summed E-state index contributed by atoms with van der Waals surface area (Å²) in [5, 5.41) is 4.89. The average molecular weight is 493 g/mol. The van der Waals surface area contributed by atoms with Crippen LogP contribution in [0.25, 0.3) is 27.9 Å². The van der Waals surface area contributed by atoms with E-state index in [-0.39, 0.29) is 0 Å². The Labute approximate surface area is 218 Å². The smallest absolute Gasteiger partial charge is 0.455 e. The molecule has 9 rings (SSSR count). The molecule has 3 aliphatic rings. The lowest BCUT2D eigenvalue weighted by Gasteiger charge is -2.30. The molecule has 2 aromatic heterocycles. The van der Waals surface area contributed by atoms with Crippen molar-refractivity contribution in [3.05, 3.63) is 133 Å². The van der Waals surface area contributed by atoms with Crippen molar-refractivity contribution in [2.75, 3.05) is 0 Å². The first-order chi connectivity index (χ1) is 18.8. The maximum absolute atomic E-state index is 6.55. The first-order valence-electron chi connectivity index (χ1n) is 12.6. The molecule has 1 spiro atoms. The van der Waals surface area contributed by atoms with Gasteiger partial charge in [-0.3, -0.25) is 0 Å². The minimum atomic E-state index is -0.785. The number of benzene rings is 4. The summed E-state index contributed by atoms with van der Waals surface area (Å²) in [6, 6.07) is 35.5. The summed E-state index contributed by atoms with van der Waals surface area (Å²) in [6.45, 7) is 0. The highest BCUT2D eigenvalue weighted by molar-refractivity contribution is 5.81. The molecule has 0 N–H and O–H groups in total. The van der Waals surface area contributed by atoms with Gasteiger partial charge in [-0.15, -0.1) is 0 Å². The maximum atomic E-state index is 6.55. The van der Waals surface area contributed by atoms with Crippen LogP contribution in [-0.2, 0) is 5.66 Å². The van der Waals surface area contributed by atoms with Crippen LogP contribution in [0.2, 0.25) is 0 Å². The largest absolute Gasteiger partial charge is 0.477 e. The van der Waals surface area contributed by atoms with Gasteiger partial charge in [-0.2, -0.15) is 0 Å². The second kappa shape index (κ2) is 6.95. The lowest BCUT2D eigenvalue weighted by molar-refractivity contribution is -1.02. The number of rotatable bonds is 2. The van der Waals surface area contributed by atoms with Crippen molar-refractivity contribution >= 4 is 0 Å². The Hall–Kier alpha value is -5.23. The first kappa shape index (κ1) is 19.9. The Balaban J connectivity index is 1.35. The molecule has 6 nitrogen and oxygen atoms in total. The molecule has 0 radical (unpaired) electrons. The molecule has 0 fully saturated rings. The third-order valence-corrected chi connectivity index (χ3v) is 7.84. The normalized spacial score (nSPS) is 16.9. The second-order valence-corrected chi connectivity index (χ2v) is 9.74. The molecule has 1 atom stereocenters. The minimum absolute atomic E-state index is 0.748. The number of hydrogen-bond donors (Lipinski definition) is 0. The summed E-state index contributed by atoms with van der Waals surface area (Å²) in [7, 11) is 0. The van der Waals surface area contributed by atoms with Gasteiger partial charge in [0, 0.05) is 16.7 Å². The molecule has 0 saturated heterocycles. The molecule has 0 saturated carbocycles. The molecule has 38 heavy (non-hydrogen) atoms. The average Bonchev–Trinajstić information content (AvgIpc) is 3.57. The van der Waals surface area contributed by atoms with Crippen molar-refractivity contribution in [3.8, 4) is 51.1 Å². The molecule has 6 aromatic rings. The van der Waals surface area contributed by atoms with Crippen LogP contribution in [0.3, 0.4) is 0 Å². The van der Waals surface area contributed by atoms with Crippen molar-refractivity contribution in [1.82, 2.24) is 9.78 Å². The molecule has 1 unspecified atom stereocenters. The monoisotopic (exact) mass is 492 g/mol. The number of pyridine rings is 1. The molecule has 5 heterocycles. The van der Waals surface area contributed by atoms with Gasteiger partial charge in [0.2, 0.25) is 0 Å². The molecule has 0 bridgehead atoms. The molecule has 4 aromatic carbocycles. The molecule has 178 valence electrons. The van der Waals surface area contributed by atoms with E-state index in [1.54, 1.807) is 0 Å². The van der Waals surface area contributed by atoms with E-state index in [0.717, 1.165) is 51.1 Å². The van der Waals surface area contributed by atoms with E-state index in [4.69, 9.17) is 14.6 Å². The number of nitrogens with zero attached hydrogens (tertiary/aromatic N) is 4. The molecule has 0 amide bonds. The Bertz CT molecular complexity index is 1910. The first-order valence-corrected chi connectivity index (χ1v) is 12.6. The van der Waals surface area contributed by atoms with Crippen molar-refractivity contribution in [2.24, 2.45) is 0 Å². The molecular formula is C32H20N4O2+2. The summed E-state index contributed by atoms with van der Waals surface area (Å²) in [5.41, 5.74) is 6.90.